The standard InChI is InChI=1S/C18H29NO/c1-7-19-16(14-11-9-8-10-13(14)2)15-12-17(3,4)20-18(15,5)6/h8-11,15-16,19H,7,12H2,1-6H3. The van der Waals surface area contributed by atoms with Crippen molar-refractivity contribution in [1.29, 1.82) is 0 Å². The molecule has 2 unspecified atom stereocenters. The van der Waals surface area contributed by atoms with E-state index in [9.17, 15) is 0 Å². The summed E-state index contributed by atoms with van der Waals surface area (Å²) in [5.74, 6) is 0.485. The molecule has 1 heterocycles. The van der Waals surface area contributed by atoms with Crippen LogP contribution in [0.1, 0.15) is 58.2 Å². The molecule has 1 aromatic rings. The van der Waals surface area contributed by atoms with E-state index in [1.165, 1.54) is 11.1 Å². The number of rotatable bonds is 4. The zero-order valence-corrected chi connectivity index (χ0v) is 13.8. The molecule has 2 heteroatoms. The van der Waals surface area contributed by atoms with Crippen LogP contribution >= 0.6 is 0 Å². The van der Waals surface area contributed by atoms with Crippen molar-refractivity contribution < 1.29 is 4.74 Å². The predicted molar refractivity (Wildman–Crippen MR) is 84.9 cm³/mol. The van der Waals surface area contributed by atoms with Gasteiger partial charge in [-0.2, -0.15) is 0 Å². The van der Waals surface area contributed by atoms with Crippen LogP contribution in [0, 0.1) is 12.8 Å². The summed E-state index contributed by atoms with van der Waals surface area (Å²) < 4.78 is 6.30. The first kappa shape index (κ1) is 15.5. The van der Waals surface area contributed by atoms with Gasteiger partial charge in [-0.1, -0.05) is 31.2 Å². The number of nitrogens with one attached hydrogen (secondary N) is 1. The Morgan fingerprint density at radius 1 is 1.25 bits per heavy atom. The maximum Gasteiger partial charge on any atom is 0.0681 e. The van der Waals surface area contributed by atoms with Crippen LogP contribution in [0.3, 0.4) is 0 Å². The van der Waals surface area contributed by atoms with Crippen molar-refractivity contribution in [2.75, 3.05) is 6.54 Å². The van der Waals surface area contributed by atoms with E-state index in [-0.39, 0.29) is 11.2 Å². The zero-order valence-electron chi connectivity index (χ0n) is 13.8. The van der Waals surface area contributed by atoms with Gasteiger partial charge in [0, 0.05) is 12.0 Å². The van der Waals surface area contributed by atoms with E-state index >= 15 is 0 Å². The molecule has 0 aromatic heterocycles. The summed E-state index contributed by atoms with van der Waals surface area (Å²) in [4.78, 5) is 0. The van der Waals surface area contributed by atoms with Gasteiger partial charge in [-0.15, -0.1) is 0 Å². The van der Waals surface area contributed by atoms with Crippen LogP contribution in [-0.4, -0.2) is 17.7 Å². The van der Waals surface area contributed by atoms with Crippen molar-refractivity contribution in [3.05, 3.63) is 35.4 Å². The maximum absolute atomic E-state index is 6.30. The number of hydrogen-bond acceptors (Lipinski definition) is 2. The third-order valence-electron chi connectivity index (χ3n) is 4.49. The smallest absolute Gasteiger partial charge is 0.0681 e. The molecule has 20 heavy (non-hydrogen) atoms. The molecule has 2 nitrogen and oxygen atoms in total. The van der Waals surface area contributed by atoms with E-state index < -0.39 is 0 Å². The zero-order chi connectivity index (χ0) is 15.0. The SMILES string of the molecule is CCNC(c1ccccc1C)C1CC(C)(C)OC1(C)C. The first-order valence-corrected chi connectivity index (χ1v) is 7.76. The van der Waals surface area contributed by atoms with Gasteiger partial charge < -0.3 is 10.1 Å². The lowest BCUT2D eigenvalue weighted by Gasteiger charge is -2.34. The highest BCUT2D eigenvalue weighted by atomic mass is 16.5. The summed E-state index contributed by atoms with van der Waals surface area (Å²) in [5.41, 5.74) is 2.64. The quantitative estimate of drug-likeness (QED) is 0.887. The monoisotopic (exact) mass is 275 g/mol. The third-order valence-corrected chi connectivity index (χ3v) is 4.49. The third kappa shape index (κ3) is 3.07. The van der Waals surface area contributed by atoms with E-state index in [4.69, 9.17) is 4.74 Å². The van der Waals surface area contributed by atoms with Gasteiger partial charge in [0.2, 0.25) is 0 Å². The van der Waals surface area contributed by atoms with Gasteiger partial charge in [-0.25, -0.2) is 0 Å². The normalized spacial score (nSPS) is 25.6. The predicted octanol–water partition coefficient (Wildman–Crippen LogP) is 4.24. The molecule has 0 radical (unpaired) electrons. The molecule has 2 rings (SSSR count). The minimum Gasteiger partial charge on any atom is -0.369 e. The lowest BCUT2D eigenvalue weighted by molar-refractivity contribution is -0.0778. The van der Waals surface area contributed by atoms with Crippen LogP contribution in [0.2, 0.25) is 0 Å². The molecule has 1 aromatic carbocycles. The van der Waals surface area contributed by atoms with Gasteiger partial charge in [0.25, 0.3) is 0 Å². The molecular weight excluding hydrogens is 246 g/mol. The Labute approximate surface area is 123 Å². The minimum atomic E-state index is -0.0986. The molecular formula is C18H29NO. The van der Waals surface area contributed by atoms with Crippen LogP contribution in [-0.2, 0) is 4.74 Å². The van der Waals surface area contributed by atoms with Gasteiger partial charge >= 0.3 is 0 Å². The van der Waals surface area contributed by atoms with E-state index in [0.29, 0.717) is 12.0 Å². The van der Waals surface area contributed by atoms with Gasteiger partial charge in [-0.05, 0) is 58.7 Å². The van der Waals surface area contributed by atoms with E-state index in [0.717, 1.165) is 13.0 Å². The summed E-state index contributed by atoms with van der Waals surface area (Å²) in [7, 11) is 0. The Morgan fingerprint density at radius 3 is 2.40 bits per heavy atom. The summed E-state index contributed by atoms with van der Waals surface area (Å²) in [6, 6.07) is 9.07. The number of aryl methyl sites for hydroxylation is 1. The molecule has 1 fully saturated rings. The molecule has 0 amide bonds. The van der Waals surface area contributed by atoms with Crippen molar-refractivity contribution in [2.45, 2.75) is 65.2 Å². The molecule has 0 saturated carbocycles. The molecule has 1 aliphatic rings. The molecule has 112 valence electrons. The second-order valence-corrected chi connectivity index (χ2v) is 7.17. The highest BCUT2D eigenvalue weighted by Gasteiger charge is 2.49. The van der Waals surface area contributed by atoms with E-state index in [1.54, 1.807) is 0 Å². The molecule has 0 aliphatic carbocycles. The van der Waals surface area contributed by atoms with E-state index in [2.05, 4.69) is 71.1 Å². The van der Waals surface area contributed by atoms with Crippen molar-refractivity contribution >= 4 is 0 Å². The van der Waals surface area contributed by atoms with Crippen LogP contribution in [0.25, 0.3) is 0 Å². The lowest BCUT2D eigenvalue weighted by Crippen LogP contribution is -2.38. The Hall–Kier alpha value is -0.860. The Balaban J connectivity index is 2.37. The van der Waals surface area contributed by atoms with Crippen molar-refractivity contribution in [3.8, 4) is 0 Å². The van der Waals surface area contributed by atoms with Gasteiger partial charge in [0.05, 0.1) is 11.2 Å². The Bertz CT molecular complexity index is 464. The number of benzene rings is 1. The fourth-order valence-electron chi connectivity index (χ4n) is 3.75. The van der Waals surface area contributed by atoms with Crippen LogP contribution in [0.5, 0.6) is 0 Å². The molecule has 2 atom stereocenters. The average molecular weight is 275 g/mol. The fourth-order valence-corrected chi connectivity index (χ4v) is 3.75. The van der Waals surface area contributed by atoms with Crippen LogP contribution in [0.4, 0.5) is 0 Å². The minimum absolute atomic E-state index is 0.0372. The summed E-state index contributed by atoms with van der Waals surface area (Å²) >= 11 is 0. The highest BCUT2D eigenvalue weighted by Crippen LogP contribution is 2.48. The largest absolute Gasteiger partial charge is 0.369 e. The first-order chi connectivity index (χ1) is 9.27. The number of ether oxygens (including phenoxy) is 1. The lowest BCUT2D eigenvalue weighted by atomic mass is 9.78. The second kappa shape index (κ2) is 5.50. The fraction of sp³-hybridized carbons (Fsp3) is 0.667. The van der Waals surface area contributed by atoms with Crippen molar-refractivity contribution in [2.24, 2.45) is 5.92 Å². The molecule has 1 saturated heterocycles. The van der Waals surface area contributed by atoms with Crippen molar-refractivity contribution in [1.82, 2.24) is 5.32 Å². The average Bonchev–Trinajstić information content (AvgIpc) is 2.55. The van der Waals surface area contributed by atoms with Crippen LogP contribution in [0.15, 0.2) is 24.3 Å². The van der Waals surface area contributed by atoms with Crippen molar-refractivity contribution in [3.63, 3.8) is 0 Å². The molecule has 0 spiro atoms. The first-order valence-electron chi connectivity index (χ1n) is 7.76. The summed E-state index contributed by atoms with van der Waals surface area (Å²) in [5, 5.41) is 3.70. The maximum atomic E-state index is 6.30. The molecule has 1 aliphatic heterocycles. The second-order valence-electron chi connectivity index (χ2n) is 7.17. The summed E-state index contributed by atoms with van der Waals surface area (Å²) in [6.45, 7) is 14.2. The van der Waals surface area contributed by atoms with Gasteiger partial charge in [0.15, 0.2) is 0 Å². The Kier molecular flexibility index (Phi) is 4.27. The topological polar surface area (TPSA) is 21.3 Å². The molecule has 1 N–H and O–H groups in total. The molecule has 0 bridgehead atoms. The summed E-state index contributed by atoms with van der Waals surface area (Å²) in [6.07, 6.45) is 1.09. The van der Waals surface area contributed by atoms with Gasteiger partial charge in [0.1, 0.15) is 0 Å². The van der Waals surface area contributed by atoms with Gasteiger partial charge in [-0.3, -0.25) is 0 Å². The Morgan fingerprint density at radius 2 is 1.90 bits per heavy atom. The van der Waals surface area contributed by atoms with Crippen LogP contribution < -0.4 is 5.32 Å². The number of hydrogen-bond donors (Lipinski definition) is 1. The highest BCUT2D eigenvalue weighted by molar-refractivity contribution is 5.30. The van der Waals surface area contributed by atoms with E-state index in [1.807, 2.05) is 0 Å².